The molecule has 0 bridgehead atoms. The molecule has 2 aromatic rings. The van der Waals surface area contributed by atoms with E-state index >= 15 is 0 Å². The summed E-state index contributed by atoms with van der Waals surface area (Å²) in [5.74, 6) is 0.810. The molecular formula is C13H19N5. The van der Waals surface area contributed by atoms with Crippen molar-refractivity contribution in [2.45, 2.75) is 39.9 Å². The van der Waals surface area contributed by atoms with Crippen molar-refractivity contribution in [3.05, 3.63) is 41.7 Å². The second-order valence-corrected chi connectivity index (χ2v) is 4.24. The Labute approximate surface area is 107 Å². The molecule has 0 aliphatic rings. The van der Waals surface area contributed by atoms with Gasteiger partial charge in [0.15, 0.2) is 0 Å². The van der Waals surface area contributed by atoms with Crippen LogP contribution >= 0.6 is 0 Å². The van der Waals surface area contributed by atoms with Crippen LogP contribution in [0.1, 0.15) is 30.6 Å². The van der Waals surface area contributed by atoms with Crippen molar-refractivity contribution in [1.29, 1.82) is 0 Å². The monoisotopic (exact) mass is 245 g/mol. The van der Waals surface area contributed by atoms with Gasteiger partial charge < -0.3 is 5.32 Å². The van der Waals surface area contributed by atoms with Crippen LogP contribution in [0.4, 0.5) is 0 Å². The first kappa shape index (κ1) is 12.7. The van der Waals surface area contributed by atoms with E-state index in [0.717, 1.165) is 37.6 Å². The summed E-state index contributed by atoms with van der Waals surface area (Å²) < 4.78 is 2.04. The summed E-state index contributed by atoms with van der Waals surface area (Å²) in [6.45, 7) is 6.59. The minimum atomic E-state index is 0.751. The molecule has 2 aromatic heterocycles. The molecule has 0 fully saturated rings. The molecule has 0 saturated heterocycles. The number of rotatable bonds is 6. The highest BCUT2D eigenvalue weighted by atomic mass is 15.3. The maximum absolute atomic E-state index is 4.35. The Bertz CT molecular complexity index is 492. The molecule has 5 nitrogen and oxygen atoms in total. The van der Waals surface area contributed by atoms with E-state index in [1.54, 1.807) is 6.20 Å². The fourth-order valence-electron chi connectivity index (χ4n) is 1.85. The van der Waals surface area contributed by atoms with Crippen molar-refractivity contribution in [1.82, 2.24) is 25.1 Å². The Morgan fingerprint density at radius 2 is 2.11 bits per heavy atom. The molecule has 2 heterocycles. The smallest absolute Gasteiger partial charge is 0.125 e. The molecule has 0 amide bonds. The van der Waals surface area contributed by atoms with Gasteiger partial charge in [0.05, 0.1) is 11.4 Å². The lowest BCUT2D eigenvalue weighted by atomic mass is 10.3. The van der Waals surface area contributed by atoms with E-state index in [1.165, 1.54) is 5.69 Å². The Balaban J connectivity index is 1.86. The first-order valence-electron chi connectivity index (χ1n) is 6.29. The van der Waals surface area contributed by atoms with Crippen LogP contribution in [0.5, 0.6) is 0 Å². The molecule has 0 unspecified atom stereocenters. The van der Waals surface area contributed by atoms with Crippen LogP contribution in [0.15, 0.2) is 24.5 Å². The first-order chi connectivity index (χ1) is 8.79. The van der Waals surface area contributed by atoms with Crippen molar-refractivity contribution < 1.29 is 0 Å². The maximum atomic E-state index is 4.35. The van der Waals surface area contributed by atoms with E-state index in [-0.39, 0.29) is 0 Å². The molecule has 18 heavy (non-hydrogen) atoms. The SMILES string of the molecule is CCCn1nccc1CNCc1ccnc(C)n1. The number of nitrogens with zero attached hydrogens (tertiary/aromatic N) is 4. The summed E-state index contributed by atoms with van der Waals surface area (Å²) in [5, 5.41) is 7.68. The van der Waals surface area contributed by atoms with Crippen molar-refractivity contribution in [2.24, 2.45) is 0 Å². The molecule has 0 aromatic carbocycles. The molecular weight excluding hydrogens is 226 g/mol. The lowest BCUT2D eigenvalue weighted by Crippen LogP contribution is -2.17. The predicted octanol–water partition coefficient (Wildman–Crippen LogP) is 1.68. The predicted molar refractivity (Wildman–Crippen MR) is 69.8 cm³/mol. The van der Waals surface area contributed by atoms with Gasteiger partial charge in [-0.2, -0.15) is 5.10 Å². The number of nitrogens with one attached hydrogen (secondary N) is 1. The molecule has 0 spiro atoms. The lowest BCUT2D eigenvalue weighted by molar-refractivity contribution is 0.547. The molecule has 5 heteroatoms. The largest absolute Gasteiger partial charge is 0.306 e. The molecule has 0 radical (unpaired) electrons. The molecule has 0 aliphatic heterocycles. The van der Waals surface area contributed by atoms with E-state index < -0.39 is 0 Å². The third-order valence-electron chi connectivity index (χ3n) is 2.69. The normalized spacial score (nSPS) is 10.8. The van der Waals surface area contributed by atoms with Gasteiger partial charge in [-0.1, -0.05) is 6.92 Å². The van der Waals surface area contributed by atoms with E-state index in [1.807, 2.05) is 29.9 Å². The van der Waals surface area contributed by atoms with E-state index in [2.05, 4.69) is 27.3 Å². The standard InChI is InChI=1S/C13H19N5/c1-3-8-18-13(5-7-16-18)10-14-9-12-4-6-15-11(2)17-12/h4-7,14H,3,8-10H2,1-2H3. The average molecular weight is 245 g/mol. The van der Waals surface area contributed by atoms with E-state index in [4.69, 9.17) is 0 Å². The number of hydrogen-bond donors (Lipinski definition) is 1. The zero-order chi connectivity index (χ0) is 12.8. The Hall–Kier alpha value is -1.75. The van der Waals surface area contributed by atoms with Gasteiger partial charge >= 0.3 is 0 Å². The van der Waals surface area contributed by atoms with E-state index in [9.17, 15) is 0 Å². The zero-order valence-corrected chi connectivity index (χ0v) is 10.9. The van der Waals surface area contributed by atoms with Crippen molar-refractivity contribution in [3.8, 4) is 0 Å². The van der Waals surface area contributed by atoms with Gasteiger partial charge in [0.1, 0.15) is 5.82 Å². The number of aryl methyl sites for hydroxylation is 2. The van der Waals surface area contributed by atoms with Gasteiger partial charge in [0, 0.05) is 32.0 Å². The Morgan fingerprint density at radius 3 is 2.89 bits per heavy atom. The zero-order valence-electron chi connectivity index (χ0n) is 10.9. The third-order valence-corrected chi connectivity index (χ3v) is 2.69. The summed E-state index contributed by atoms with van der Waals surface area (Å²) in [4.78, 5) is 8.44. The lowest BCUT2D eigenvalue weighted by Gasteiger charge is -2.07. The van der Waals surface area contributed by atoms with Crippen molar-refractivity contribution in [3.63, 3.8) is 0 Å². The third kappa shape index (κ3) is 3.37. The molecule has 0 saturated carbocycles. The number of aromatic nitrogens is 4. The second kappa shape index (κ2) is 6.26. The van der Waals surface area contributed by atoms with Gasteiger partial charge in [0.25, 0.3) is 0 Å². The van der Waals surface area contributed by atoms with Gasteiger partial charge in [-0.3, -0.25) is 4.68 Å². The fourth-order valence-corrected chi connectivity index (χ4v) is 1.85. The van der Waals surface area contributed by atoms with Gasteiger partial charge in [-0.25, -0.2) is 9.97 Å². The van der Waals surface area contributed by atoms with Crippen molar-refractivity contribution >= 4 is 0 Å². The summed E-state index contributed by atoms with van der Waals surface area (Å²) >= 11 is 0. The van der Waals surface area contributed by atoms with Crippen LogP contribution in [-0.4, -0.2) is 19.7 Å². The highest BCUT2D eigenvalue weighted by molar-refractivity contribution is 5.03. The highest BCUT2D eigenvalue weighted by Gasteiger charge is 2.01. The van der Waals surface area contributed by atoms with Gasteiger partial charge in [0.2, 0.25) is 0 Å². The van der Waals surface area contributed by atoms with Crippen LogP contribution in [0.25, 0.3) is 0 Å². The minimum Gasteiger partial charge on any atom is -0.306 e. The average Bonchev–Trinajstić information content (AvgIpc) is 2.78. The summed E-state index contributed by atoms with van der Waals surface area (Å²) in [6.07, 6.45) is 4.74. The van der Waals surface area contributed by atoms with E-state index in [0.29, 0.717) is 0 Å². The summed E-state index contributed by atoms with van der Waals surface area (Å²) in [7, 11) is 0. The Morgan fingerprint density at radius 1 is 1.22 bits per heavy atom. The topological polar surface area (TPSA) is 55.6 Å². The first-order valence-corrected chi connectivity index (χ1v) is 6.29. The number of hydrogen-bond acceptors (Lipinski definition) is 4. The van der Waals surface area contributed by atoms with Crippen molar-refractivity contribution in [2.75, 3.05) is 0 Å². The quantitative estimate of drug-likeness (QED) is 0.841. The van der Waals surface area contributed by atoms with Gasteiger partial charge in [-0.05, 0) is 25.5 Å². The molecule has 1 N–H and O–H groups in total. The minimum absolute atomic E-state index is 0.751. The second-order valence-electron chi connectivity index (χ2n) is 4.24. The summed E-state index contributed by atoms with van der Waals surface area (Å²) in [6, 6.07) is 3.98. The molecule has 96 valence electrons. The molecule has 0 atom stereocenters. The Kier molecular flexibility index (Phi) is 4.41. The molecule has 2 rings (SSSR count). The summed E-state index contributed by atoms with van der Waals surface area (Å²) in [5.41, 5.74) is 2.23. The van der Waals surface area contributed by atoms with Gasteiger partial charge in [-0.15, -0.1) is 0 Å². The van der Waals surface area contributed by atoms with Crippen LogP contribution in [0.3, 0.4) is 0 Å². The van der Waals surface area contributed by atoms with Crippen LogP contribution in [-0.2, 0) is 19.6 Å². The fraction of sp³-hybridized carbons (Fsp3) is 0.462. The van der Waals surface area contributed by atoms with Crippen LogP contribution in [0.2, 0.25) is 0 Å². The molecule has 0 aliphatic carbocycles. The van der Waals surface area contributed by atoms with Crippen LogP contribution in [0, 0.1) is 6.92 Å². The van der Waals surface area contributed by atoms with Crippen LogP contribution < -0.4 is 5.32 Å². The maximum Gasteiger partial charge on any atom is 0.125 e. The highest BCUT2D eigenvalue weighted by Crippen LogP contribution is 2.01.